The minimum absolute atomic E-state index is 0.559. The molecule has 3 aliphatic rings. The van der Waals surface area contributed by atoms with Crippen molar-refractivity contribution in [1.29, 1.82) is 0 Å². The van der Waals surface area contributed by atoms with Crippen LogP contribution in [-0.2, 0) is 0 Å². The first-order valence-corrected chi connectivity index (χ1v) is 9.48. The van der Waals surface area contributed by atoms with E-state index in [-0.39, 0.29) is 0 Å². The van der Waals surface area contributed by atoms with Crippen LogP contribution < -0.4 is 5.32 Å². The van der Waals surface area contributed by atoms with Crippen molar-refractivity contribution in [3.8, 4) is 0 Å². The maximum absolute atomic E-state index is 4.83. The maximum atomic E-state index is 4.83. The molecule has 0 amide bonds. The molecule has 0 radical (unpaired) electrons. The Labute approximate surface area is 128 Å². The molecule has 1 aliphatic carbocycles. The number of aliphatic imine (C=N–C) groups is 1. The smallest absolute Gasteiger partial charge is 0.156 e. The molecular formula is C16H29N3S. The summed E-state index contributed by atoms with van der Waals surface area (Å²) in [6, 6.07) is 0. The van der Waals surface area contributed by atoms with Crippen LogP contribution >= 0.6 is 11.8 Å². The predicted octanol–water partition coefficient (Wildman–Crippen LogP) is 3.12. The molecule has 0 aromatic heterocycles. The van der Waals surface area contributed by atoms with Crippen LogP contribution in [0.25, 0.3) is 0 Å². The van der Waals surface area contributed by atoms with E-state index in [1.165, 1.54) is 81.9 Å². The van der Waals surface area contributed by atoms with Crippen molar-refractivity contribution in [2.45, 2.75) is 51.4 Å². The molecule has 20 heavy (non-hydrogen) atoms. The van der Waals surface area contributed by atoms with E-state index in [4.69, 9.17) is 4.99 Å². The highest BCUT2D eigenvalue weighted by atomic mass is 32.2. The second-order valence-corrected chi connectivity index (χ2v) is 7.76. The maximum Gasteiger partial charge on any atom is 0.156 e. The van der Waals surface area contributed by atoms with Gasteiger partial charge in [-0.2, -0.15) is 0 Å². The molecule has 0 aromatic carbocycles. The summed E-state index contributed by atoms with van der Waals surface area (Å²) in [6.45, 7) is 6.06. The first kappa shape index (κ1) is 14.7. The molecule has 0 unspecified atom stereocenters. The standard InChI is InChI=1S/C16H29N3S/c1-2-7-16(8-3-1)13-18-15(20-14-16)17-9-6-12-19-10-4-5-11-19/h1-14H2,(H,17,18). The zero-order valence-corrected chi connectivity index (χ0v) is 13.5. The van der Waals surface area contributed by atoms with E-state index in [1.54, 1.807) is 0 Å². The topological polar surface area (TPSA) is 27.6 Å². The molecule has 3 rings (SSSR count). The van der Waals surface area contributed by atoms with Gasteiger partial charge in [0, 0.05) is 18.8 Å². The van der Waals surface area contributed by atoms with Gasteiger partial charge >= 0.3 is 0 Å². The molecule has 0 atom stereocenters. The van der Waals surface area contributed by atoms with E-state index in [2.05, 4.69) is 10.2 Å². The minimum Gasteiger partial charge on any atom is -0.365 e. The Hall–Kier alpha value is -0.220. The number of nitrogens with one attached hydrogen (secondary N) is 1. The van der Waals surface area contributed by atoms with E-state index < -0.39 is 0 Å². The number of hydrogen-bond acceptors (Lipinski definition) is 4. The molecule has 2 heterocycles. The number of nitrogens with zero attached hydrogens (tertiary/aromatic N) is 2. The largest absolute Gasteiger partial charge is 0.365 e. The van der Waals surface area contributed by atoms with E-state index in [1.807, 2.05) is 11.8 Å². The third-order valence-corrected chi connectivity index (χ3v) is 6.42. The van der Waals surface area contributed by atoms with E-state index in [0.717, 1.165) is 13.1 Å². The molecule has 0 aromatic rings. The quantitative estimate of drug-likeness (QED) is 0.808. The van der Waals surface area contributed by atoms with Crippen LogP contribution in [-0.4, -0.2) is 48.5 Å². The van der Waals surface area contributed by atoms with Crippen LogP contribution in [0.4, 0.5) is 0 Å². The van der Waals surface area contributed by atoms with Gasteiger partial charge in [-0.05, 0) is 57.2 Å². The van der Waals surface area contributed by atoms with Crippen LogP contribution in [0.3, 0.4) is 0 Å². The number of thioether (sulfide) groups is 1. The molecule has 3 nitrogen and oxygen atoms in total. The summed E-state index contributed by atoms with van der Waals surface area (Å²) in [7, 11) is 0. The lowest BCUT2D eigenvalue weighted by atomic mass is 9.75. The van der Waals surface area contributed by atoms with Crippen molar-refractivity contribution >= 4 is 16.9 Å². The summed E-state index contributed by atoms with van der Waals surface area (Å²) < 4.78 is 0. The highest BCUT2D eigenvalue weighted by Crippen LogP contribution is 2.41. The predicted molar refractivity (Wildman–Crippen MR) is 88.6 cm³/mol. The van der Waals surface area contributed by atoms with Crippen molar-refractivity contribution in [2.75, 3.05) is 38.5 Å². The zero-order chi connectivity index (χ0) is 13.7. The fourth-order valence-electron chi connectivity index (χ4n) is 3.77. The molecule has 1 saturated heterocycles. The Morgan fingerprint density at radius 2 is 1.90 bits per heavy atom. The first-order chi connectivity index (χ1) is 9.86. The lowest BCUT2D eigenvalue weighted by Gasteiger charge is -2.38. The second kappa shape index (κ2) is 7.17. The summed E-state index contributed by atoms with van der Waals surface area (Å²) in [5.41, 5.74) is 0.559. The average molecular weight is 295 g/mol. The summed E-state index contributed by atoms with van der Waals surface area (Å²) in [5, 5.41) is 4.76. The van der Waals surface area contributed by atoms with Crippen LogP contribution in [0.15, 0.2) is 4.99 Å². The van der Waals surface area contributed by atoms with Crippen molar-refractivity contribution in [3.63, 3.8) is 0 Å². The summed E-state index contributed by atoms with van der Waals surface area (Å²) in [6.07, 6.45) is 11.2. The number of hydrogen-bond donors (Lipinski definition) is 1. The van der Waals surface area contributed by atoms with Crippen LogP contribution in [0.5, 0.6) is 0 Å². The van der Waals surface area contributed by atoms with Gasteiger partial charge in [0.1, 0.15) is 0 Å². The molecule has 2 fully saturated rings. The van der Waals surface area contributed by atoms with Gasteiger partial charge in [0.25, 0.3) is 0 Å². The Kier molecular flexibility index (Phi) is 5.27. The monoisotopic (exact) mass is 295 g/mol. The Balaban J connectivity index is 1.34. The lowest BCUT2D eigenvalue weighted by Crippen LogP contribution is -2.37. The third-order valence-electron chi connectivity index (χ3n) is 5.11. The number of rotatable bonds is 4. The lowest BCUT2D eigenvalue weighted by molar-refractivity contribution is 0.232. The summed E-state index contributed by atoms with van der Waals surface area (Å²) in [4.78, 5) is 7.42. The van der Waals surface area contributed by atoms with Crippen molar-refractivity contribution in [3.05, 3.63) is 0 Å². The average Bonchev–Trinajstić information content (AvgIpc) is 3.00. The highest BCUT2D eigenvalue weighted by molar-refractivity contribution is 8.13. The molecular weight excluding hydrogens is 266 g/mol. The Morgan fingerprint density at radius 3 is 2.60 bits per heavy atom. The van der Waals surface area contributed by atoms with Crippen molar-refractivity contribution < 1.29 is 0 Å². The molecule has 1 saturated carbocycles. The van der Waals surface area contributed by atoms with Gasteiger partial charge in [0.05, 0.1) is 0 Å². The van der Waals surface area contributed by atoms with Crippen LogP contribution in [0.2, 0.25) is 0 Å². The fraction of sp³-hybridized carbons (Fsp3) is 0.938. The molecule has 4 heteroatoms. The van der Waals surface area contributed by atoms with Gasteiger partial charge in [-0.25, -0.2) is 0 Å². The normalized spacial score (nSPS) is 26.7. The molecule has 2 aliphatic heterocycles. The summed E-state index contributed by atoms with van der Waals surface area (Å²) in [5.74, 6) is 1.30. The van der Waals surface area contributed by atoms with Gasteiger partial charge in [-0.15, -0.1) is 0 Å². The van der Waals surface area contributed by atoms with Crippen molar-refractivity contribution in [1.82, 2.24) is 10.2 Å². The van der Waals surface area contributed by atoms with Gasteiger partial charge in [-0.3, -0.25) is 4.99 Å². The molecule has 1 N–H and O–H groups in total. The van der Waals surface area contributed by atoms with Gasteiger partial charge < -0.3 is 10.2 Å². The van der Waals surface area contributed by atoms with Gasteiger partial charge in [-0.1, -0.05) is 31.0 Å². The van der Waals surface area contributed by atoms with Crippen LogP contribution in [0.1, 0.15) is 51.4 Å². The highest BCUT2D eigenvalue weighted by Gasteiger charge is 2.34. The van der Waals surface area contributed by atoms with E-state index in [9.17, 15) is 0 Å². The van der Waals surface area contributed by atoms with Crippen LogP contribution in [0, 0.1) is 5.41 Å². The Bertz CT molecular complexity index is 331. The first-order valence-electron chi connectivity index (χ1n) is 8.50. The van der Waals surface area contributed by atoms with E-state index >= 15 is 0 Å². The number of amidine groups is 1. The molecule has 0 bridgehead atoms. The van der Waals surface area contributed by atoms with Crippen molar-refractivity contribution in [2.24, 2.45) is 10.4 Å². The number of likely N-dealkylation sites (tertiary alicyclic amines) is 1. The van der Waals surface area contributed by atoms with E-state index in [0.29, 0.717) is 5.41 Å². The minimum atomic E-state index is 0.559. The second-order valence-electron chi connectivity index (χ2n) is 6.80. The summed E-state index contributed by atoms with van der Waals surface area (Å²) >= 11 is 1.98. The zero-order valence-electron chi connectivity index (χ0n) is 12.7. The van der Waals surface area contributed by atoms with Gasteiger partial charge in [0.15, 0.2) is 5.17 Å². The Morgan fingerprint density at radius 1 is 1.10 bits per heavy atom. The van der Waals surface area contributed by atoms with Gasteiger partial charge in [0.2, 0.25) is 0 Å². The molecule has 114 valence electrons. The SMILES string of the molecule is C1CCC2(CC1)CN=C(NCCCN1CCCC1)SC2. The fourth-order valence-corrected chi connectivity index (χ4v) is 4.95. The third kappa shape index (κ3) is 3.91. The molecule has 1 spiro atoms.